The van der Waals surface area contributed by atoms with E-state index in [9.17, 15) is 5.11 Å². The molecule has 0 aliphatic heterocycles. The lowest BCUT2D eigenvalue weighted by Gasteiger charge is -2.26. The van der Waals surface area contributed by atoms with E-state index in [0.29, 0.717) is 0 Å². The second-order valence-electron chi connectivity index (χ2n) is 5.36. The molecule has 1 aromatic heterocycles. The van der Waals surface area contributed by atoms with Crippen molar-refractivity contribution in [2.24, 2.45) is 0 Å². The fraction of sp³-hybridized carbons (Fsp3) is 0.714. The molecule has 1 heterocycles. The maximum absolute atomic E-state index is 10.5. The molecule has 1 saturated carbocycles. The molecule has 0 radical (unpaired) electrons. The molecular weight excluding hydrogens is 310 g/mol. The van der Waals surface area contributed by atoms with Crippen LogP contribution in [0.4, 0.5) is 0 Å². The molecule has 1 aliphatic rings. The van der Waals surface area contributed by atoms with Gasteiger partial charge in [0.2, 0.25) is 0 Å². The van der Waals surface area contributed by atoms with Gasteiger partial charge >= 0.3 is 0 Å². The van der Waals surface area contributed by atoms with Crippen LogP contribution in [-0.2, 0) is 6.54 Å². The highest BCUT2D eigenvalue weighted by atomic mass is 79.9. The Morgan fingerprint density at radius 3 is 2.56 bits per heavy atom. The zero-order valence-corrected chi connectivity index (χ0v) is 13.4. The predicted molar refractivity (Wildman–Crippen MR) is 81.1 cm³/mol. The fourth-order valence-corrected chi connectivity index (χ4v) is 4.16. The summed E-state index contributed by atoms with van der Waals surface area (Å²) in [4.78, 5) is 2.65. The van der Waals surface area contributed by atoms with E-state index in [4.69, 9.17) is 0 Å². The van der Waals surface area contributed by atoms with Crippen LogP contribution in [-0.4, -0.2) is 17.3 Å². The molecule has 0 atom stereocenters. The first kappa shape index (κ1) is 14.5. The van der Waals surface area contributed by atoms with Crippen LogP contribution in [0.25, 0.3) is 0 Å². The van der Waals surface area contributed by atoms with Gasteiger partial charge in [-0.15, -0.1) is 11.3 Å². The van der Waals surface area contributed by atoms with Gasteiger partial charge in [-0.05, 0) is 41.8 Å². The van der Waals surface area contributed by atoms with Crippen LogP contribution in [0.3, 0.4) is 0 Å². The maximum Gasteiger partial charge on any atom is 0.0771 e. The molecule has 1 aliphatic carbocycles. The molecule has 18 heavy (non-hydrogen) atoms. The molecule has 4 heteroatoms. The zero-order chi connectivity index (χ0) is 13.0. The average molecular weight is 332 g/mol. The number of hydrogen-bond donors (Lipinski definition) is 2. The number of aryl methyl sites for hydroxylation is 1. The Kier molecular flexibility index (Phi) is 5.24. The Morgan fingerprint density at radius 1 is 1.33 bits per heavy atom. The van der Waals surface area contributed by atoms with Gasteiger partial charge in [0.1, 0.15) is 0 Å². The SMILES string of the molecule is Cc1sc(CNCC2(O)CCCCCC2)cc1Br. The van der Waals surface area contributed by atoms with Gasteiger partial charge in [0.05, 0.1) is 5.60 Å². The monoisotopic (exact) mass is 331 g/mol. The highest BCUT2D eigenvalue weighted by Crippen LogP contribution is 2.28. The second kappa shape index (κ2) is 6.51. The Hall–Kier alpha value is 0.100. The van der Waals surface area contributed by atoms with Crippen LogP contribution in [0, 0.1) is 6.92 Å². The summed E-state index contributed by atoms with van der Waals surface area (Å²) in [6.07, 6.45) is 6.79. The van der Waals surface area contributed by atoms with E-state index in [2.05, 4.69) is 34.2 Å². The summed E-state index contributed by atoms with van der Waals surface area (Å²) in [6.45, 7) is 3.71. The summed E-state index contributed by atoms with van der Waals surface area (Å²) in [5.41, 5.74) is -0.472. The smallest absolute Gasteiger partial charge is 0.0771 e. The van der Waals surface area contributed by atoms with E-state index in [1.54, 1.807) is 0 Å². The van der Waals surface area contributed by atoms with Crippen molar-refractivity contribution in [3.63, 3.8) is 0 Å². The molecule has 0 amide bonds. The van der Waals surface area contributed by atoms with E-state index in [-0.39, 0.29) is 0 Å². The standard InChI is InChI=1S/C14H22BrNOS/c1-11-13(15)8-12(18-11)9-16-10-14(17)6-4-2-3-5-7-14/h8,16-17H,2-7,9-10H2,1H3. The van der Waals surface area contributed by atoms with Crippen molar-refractivity contribution in [1.82, 2.24) is 5.32 Å². The highest BCUT2D eigenvalue weighted by molar-refractivity contribution is 9.10. The first-order valence-corrected chi connectivity index (χ1v) is 8.38. The third-order valence-electron chi connectivity index (χ3n) is 3.70. The highest BCUT2D eigenvalue weighted by Gasteiger charge is 2.27. The lowest BCUT2D eigenvalue weighted by molar-refractivity contribution is 0.0251. The van der Waals surface area contributed by atoms with Crippen molar-refractivity contribution in [2.75, 3.05) is 6.54 Å². The molecule has 1 aromatic rings. The van der Waals surface area contributed by atoms with Crippen LogP contribution in [0.2, 0.25) is 0 Å². The molecule has 0 unspecified atom stereocenters. The van der Waals surface area contributed by atoms with E-state index < -0.39 is 5.60 Å². The minimum Gasteiger partial charge on any atom is -0.389 e. The Balaban J connectivity index is 1.80. The summed E-state index contributed by atoms with van der Waals surface area (Å²) >= 11 is 5.35. The van der Waals surface area contributed by atoms with Crippen molar-refractivity contribution < 1.29 is 5.11 Å². The summed E-state index contributed by atoms with van der Waals surface area (Å²) in [5, 5.41) is 13.9. The molecule has 0 aromatic carbocycles. The van der Waals surface area contributed by atoms with Gasteiger partial charge in [-0.25, -0.2) is 0 Å². The number of hydrogen-bond acceptors (Lipinski definition) is 3. The zero-order valence-electron chi connectivity index (χ0n) is 11.0. The van der Waals surface area contributed by atoms with Gasteiger partial charge in [-0.1, -0.05) is 25.7 Å². The van der Waals surface area contributed by atoms with Gasteiger partial charge in [-0.3, -0.25) is 0 Å². The normalized spacial score (nSPS) is 19.7. The summed E-state index contributed by atoms with van der Waals surface area (Å²) < 4.78 is 1.19. The van der Waals surface area contributed by atoms with Gasteiger partial charge < -0.3 is 10.4 Å². The molecular formula is C14H22BrNOS. The Morgan fingerprint density at radius 2 is 2.00 bits per heavy atom. The summed E-state index contributed by atoms with van der Waals surface area (Å²) in [6, 6.07) is 2.17. The van der Waals surface area contributed by atoms with E-state index in [1.165, 1.54) is 39.9 Å². The third kappa shape index (κ3) is 4.05. The molecule has 102 valence electrons. The summed E-state index contributed by atoms with van der Waals surface area (Å²) in [7, 11) is 0. The fourth-order valence-electron chi connectivity index (χ4n) is 2.59. The topological polar surface area (TPSA) is 32.3 Å². The Bertz CT molecular complexity index is 364. The van der Waals surface area contributed by atoms with Crippen molar-refractivity contribution in [3.8, 4) is 0 Å². The van der Waals surface area contributed by atoms with Gasteiger partial charge in [0.15, 0.2) is 0 Å². The molecule has 2 nitrogen and oxygen atoms in total. The molecule has 2 rings (SSSR count). The Labute approximate surface area is 122 Å². The van der Waals surface area contributed by atoms with Crippen LogP contribution in [0.15, 0.2) is 10.5 Å². The quantitative estimate of drug-likeness (QED) is 0.817. The number of aliphatic hydroxyl groups is 1. The second-order valence-corrected chi connectivity index (χ2v) is 7.55. The number of rotatable bonds is 4. The first-order chi connectivity index (χ1) is 8.59. The lowest BCUT2D eigenvalue weighted by atomic mass is 9.94. The van der Waals surface area contributed by atoms with Crippen LogP contribution in [0.1, 0.15) is 48.3 Å². The molecule has 0 spiro atoms. The molecule has 0 saturated heterocycles. The van der Waals surface area contributed by atoms with Gasteiger partial charge in [0, 0.05) is 27.3 Å². The van der Waals surface area contributed by atoms with Crippen molar-refractivity contribution in [2.45, 2.75) is 57.6 Å². The van der Waals surface area contributed by atoms with E-state index in [1.807, 2.05) is 11.3 Å². The number of halogens is 1. The molecule has 2 N–H and O–H groups in total. The van der Waals surface area contributed by atoms with Crippen molar-refractivity contribution in [1.29, 1.82) is 0 Å². The summed E-state index contributed by atoms with van der Waals surface area (Å²) in [5.74, 6) is 0. The molecule has 1 fully saturated rings. The number of thiophene rings is 1. The largest absolute Gasteiger partial charge is 0.389 e. The minimum atomic E-state index is -0.472. The van der Waals surface area contributed by atoms with Crippen molar-refractivity contribution in [3.05, 3.63) is 20.3 Å². The molecule has 0 bridgehead atoms. The minimum absolute atomic E-state index is 0.472. The van der Waals surface area contributed by atoms with Crippen LogP contribution in [0.5, 0.6) is 0 Å². The van der Waals surface area contributed by atoms with E-state index >= 15 is 0 Å². The third-order valence-corrected chi connectivity index (χ3v) is 5.83. The predicted octanol–water partition coefficient (Wildman–Crippen LogP) is 3.99. The van der Waals surface area contributed by atoms with E-state index in [0.717, 1.165) is 25.9 Å². The van der Waals surface area contributed by atoms with Crippen LogP contribution < -0.4 is 5.32 Å². The van der Waals surface area contributed by atoms with Crippen LogP contribution >= 0.6 is 27.3 Å². The maximum atomic E-state index is 10.5. The first-order valence-electron chi connectivity index (χ1n) is 6.77. The lowest BCUT2D eigenvalue weighted by Crippen LogP contribution is -2.39. The van der Waals surface area contributed by atoms with Gasteiger partial charge in [-0.2, -0.15) is 0 Å². The number of nitrogens with one attached hydrogen (secondary N) is 1. The van der Waals surface area contributed by atoms with Gasteiger partial charge in [0.25, 0.3) is 0 Å². The van der Waals surface area contributed by atoms with Crippen molar-refractivity contribution >= 4 is 27.3 Å². The average Bonchev–Trinajstić information content (AvgIpc) is 2.52.